The summed E-state index contributed by atoms with van der Waals surface area (Å²) >= 11 is 0. The highest BCUT2D eigenvalue weighted by molar-refractivity contribution is 5.82. The second-order valence-electron chi connectivity index (χ2n) is 5.19. The zero-order valence-corrected chi connectivity index (χ0v) is 12.5. The van der Waals surface area contributed by atoms with E-state index in [2.05, 4.69) is 22.9 Å². The molecule has 0 saturated carbocycles. The normalized spacial score (nSPS) is 22.3. The summed E-state index contributed by atoms with van der Waals surface area (Å²) in [4.78, 5) is 23.4. The average molecular weight is 285 g/mol. The van der Waals surface area contributed by atoms with Gasteiger partial charge in [0.2, 0.25) is 11.8 Å². The van der Waals surface area contributed by atoms with Crippen LogP contribution in [0.15, 0.2) is 0 Å². The molecule has 0 spiro atoms. The van der Waals surface area contributed by atoms with Gasteiger partial charge in [0.05, 0.1) is 12.6 Å². The molecule has 0 aromatic carbocycles. The first-order chi connectivity index (χ1) is 9.67. The van der Waals surface area contributed by atoms with Gasteiger partial charge < -0.3 is 20.7 Å². The molecular formula is C14H27N3O3. The highest BCUT2D eigenvalue weighted by Crippen LogP contribution is 2.19. The Hall–Kier alpha value is -1.14. The zero-order chi connectivity index (χ0) is 14.8. The third-order valence-corrected chi connectivity index (χ3v) is 3.69. The summed E-state index contributed by atoms with van der Waals surface area (Å²) in [6.07, 6.45) is 3.46. The van der Waals surface area contributed by atoms with E-state index in [9.17, 15) is 9.59 Å². The van der Waals surface area contributed by atoms with Gasteiger partial charge in [-0.05, 0) is 25.3 Å². The standard InChI is InChI=1S/C14H27N3O3/c1-3-11-4-6-15-12(10-11)14(19)17-7-5-13(18)16-8-9-20-2/h11-12,15H,3-10H2,1-2H3,(H,16,18)(H,17,19). The predicted octanol–water partition coefficient (Wildman–Crippen LogP) is 0.0335. The molecule has 0 aromatic heterocycles. The van der Waals surface area contributed by atoms with Gasteiger partial charge in [-0.15, -0.1) is 0 Å². The molecule has 0 radical (unpaired) electrons. The lowest BCUT2D eigenvalue weighted by molar-refractivity contribution is -0.124. The summed E-state index contributed by atoms with van der Waals surface area (Å²) in [5.74, 6) is 0.572. The summed E-state index contributed by atoms with van der Waals surface area (Å²) in [6, 6.07) is -0.106. The van der Waals surface area contributed by atoms with Gasteiger partial charge in [0.15, 0.2) is 0 Å². The molecule has 1 saturated heterocycles. The quantitative estimate of drug-likeness (QED) is 0.550. The summed E-state index contributed by atoms with van der Waals surface area (Å²) < 4.78 is 4.84. The molecule has 116 valence electrons. The maximum atomic E-state index is 12.0. The summed E-state index contributed by atoms with van der Waals surface area (Å²) in [5.41, 5.74) is 0. The van der Waals surface area contributed by atoms with Gasteiger partial charge in [0, 0.05) is 26.6 Å². The highest BCUT2D eigenvalue weighted by Gasteiger charge is 2.25. The van der Waals surface area contributed by atoms with E-state index in [0.29, 0.717) is 32.0 Å². The largest absolute Gasteiger partial charge is 0.383 e. The molecule has 2 amide bonds. The average Bonchev–Trinajstić information content (AvgIpc) is 2.47. The lowest BCUT2D eigenvalue weighted by Gasteiger charge is -2.28. The minimum Gasteiger partial charge on any atom is -0.383 e. The topological polar surface area (TPSA) is 79.5 Å². The maximum absolute atomic E-state index is 12.0. The lowest BCUT2D eigenvalue weighted by Crippen LogP contribution is -2.49. The molecule has 6 nitrogen and oxygen atoms in total. The molecule has 1 fully saturated rings. The SMILES string of the molecule is CCC1CCNC(C(=O)NCCC(=O)NCCOC)C1. The summed E-state index contributed by atoms with van der Waals surface area (Å²) in [5, 5.41) is 8.78. The first-order valence-electron chi connectivity index (χ1n) is 7.44. The van der Waals surface area contributed by atoms with Crippen LogP contribution in [-0.2, 0) is 14.3 Å². The Kier molecular flexibility index (Phi) is 8.22. The minimum absolute atomic E-state index is 0.00726. The van der Waals surface area contributed by atoms with E-state index in [1.165, 1.54) is 0 Å². The van der Waals surface area contributed by atoms with Crippen molar-refractivity contribution in [2.45, 2.75) is 38.6 Å². The van der Waals surface area contributed by atoms with Crippen LogP contribution in [0.2, 0.25) is 0 Å². The molecule has 1 aliphatic heterocycles. The molecule has 1 rings (SSSR count). The number of piperidine rings is 1. The number of methoxy groups -OCH3 is 1. The number of ether oxygens (including phenoxy) is 1. The van der Waals surface area contributed by atoms with Gasteiger partial charge in [-0.1, -0.05) is 13.3 Å². The number of hydrogen-bond acceptors (Lipinski definition) is 4. The van der Waals surface area contributed by atoms with Crippen LogP contribution in [0.1, 0.15) is 32.6 Å². The van der Waals surface area contributed by atoms with E-state index in [1.54, 1.807) is 7.11 Å². The Morgan fingerprint density at radius 2 is 2.10 bits per heavy atom. The van der Waals surface area contributed by atoms with Crippen molar-refractivity contribution in [1.29, 1.82) is 0 Å². The van der Waals surface area contributed by atoms with Crippen LogP contribution < -0.4 is 16.0 Å². The van der Waals surface area contributed by atoms with E-state index in [-0.39, 0.29) is 17.9 Å². The smallest absolute Gasteiger partial charge is 0.237 e. The minimum atomic E-state index is -0.106. The molecule has 3 N–H and O–H groups in total. The molecule has 2 unspecified atom stereocenters. The fourth-order valence-electron chi connectivity index (χ4n) is 2.37. The fraction of sp³-hybridized carbons (Fsp3) is 0.857. The third kappa shape index (κ3) is 6.34. The highest BCUT2D eigenvalue weighted by atomic mass is 16.5. The molecule has 2 atom stereocenters. The lowest BCUT2D eigenvalue weighted by atomic mass is 9.90. The Labute approximate surface area is 121 Å². The van der Waals surface area contributed by atoms with Gasteiger partial charge in [0.25, 0.3) is 0 Å². The van der Waals surface area contributed by atoms with Gasteiger partial charge in [-0.3, -0.25) is 9.59 Å². The predicted molar refractivity (Wildman–Crippen MR) is 77.3 cm³/mol. The molecule has 1 aliphatic rings. The van der Waals surface area contributed by atoms with Crippen molar-refractivity contribution in [1.82, 2.24) is 16.0 Å². The first kappa shape index (κ1) is 16.9. The number of rotatable bonds is 8. The Morgan fingerprint density at radius 3 is 2.80 bits per heavy atom. The monoisotopic (exact) mass is 285 g/mol. The van der Waals surface area contributed by atoms with Crippen molar-refractivity contribution in [2.75, 3.05) is 33.4 Å². The summed E-state index contributed by atoms with van der Waals surface area (Å²) in [7, 11) is 1.59. The molecule has 0 aromatic rings. The molecule has 1 heterocycles. The van der Waals surface area contributed by atoms with Gasteiger partial charge in [-0.25, -0.2) is 0 Å². The molecular weight excluding hydrogens is 258 g/mol. The second kappa shape index (κ2) is 9.72. The Bertz CT molecular complexity index is 310. The zero-order valence-electron chi connectivity index (χ0n) is 12.5. The molecule has 0 aliphatic carbocycles. The van der Waals surface area contributed by atoms with Crippen LogP contribution in [-0.4, -0.2) is 51.2 Å². The Balaban J connectivity index is 2.14. The Morgan fingerprint density at radius 1 is 1.30 bits per heavy atom. The van der Waals surface area contributed by atoms with Gasteiger partial charge in [-0.2, -0.15) is 0 Å². The van der Waals surface area contributed by atoms with E-state index in [0.717, 1.165) is 25.8 Å². The van der Waals surface area contributed by atoms with Crippen LogP contribution in [0, 0.1) is 5.92 Å². The first-order valence-corrected chi connectivity index (χ1v) is 7.44. The van der Waals surface area contributed by atoms with Crippen molar-refractivity contribution >= 4 is 11.8 Å². The van der Waals surface area contributed by atoms with Crippen molar-refractivity contribution in [2.24, 2.45) is 5.92 Å². The van der Waals surface area contributed by atoms with E-state index in [1.807, 2.05) is 0 Å². The van der Waals surface area contributed by atoms with Gasteiger partial charge in [0.1, 0.15) is 0 Å². The van der Waals surface area contributed by atoms with Crippen molar-refractivity contribution in [3.05, 3.63) is 0 Å². The fourth-order valence-corrected chi connectivity index (χ4v) is 2.37. The van der Waals surface area contributed by atoms with Crippen LogP contribution in [0.25, 0.3) is 0 Å². The number of hydrogen-bond donors (Lipinski definition) is 3. The van der Waals surface area contributed by atoms with Crippen molar-refractivity contribution in [3.8, 4) is 0 Å². The van der Waals surface area contributed by atoms with Crippen LogP contribution in [0.4, 0.5) is 0 Å². The van der Waals surface area contributed by atoms with Crippen LogP contribution in [0.3, 0.4) is 0 Å². The number of carbonyl (C=O) groups excluding carboxylic acids is 2. The maximum Gasteiger partial charge on any atom is 0.237 e. The number of amides is 2. The van der Waals surface area contributed by atoms with E-state index < -0.39 is 0 Å². The third-order valence-electron chi connectivity index (χ3n) is 3.69. The molecule has 6 heteroatoms. The number of nitrogens with one attached hydrogen (secondary N) is 3. The molecule has 0 bridgehead atoms. The van der Waals surface area contributed by atoms with Crippen molar-refractivity contribution in [3.63, 3.8) is 0 Å². The van der Waals surface area contributed by atoms with Gasteiger partial charge >= 0.3 is 0 Å². The van der Waals surface area contributed by atoms with Crippen LogP contribution in [0.5, 0.6) is 0 Å². The van der Waals surface area contributed by atoms with E-state index in [4.69, 9.17) is 4.74 Å². The number of carbonyl (C=O) groups is 2. The van der Waals surface area contributed by atoms with E-state index >= 15 is 0 Å². The summed E-state index contributed by atoms with van der Waals surface area (Å²) in [6.45, 7) is 4.45. The van der Waals surface area contributed by atoms with Crippen LogP contribution >= 0.6 is 0 Å². The van der Waals surface area contributed by atoms with Crippen molar-refractivity contribution < 1.29 is 14.3 Å². The second-order valence-corrected chi connectivity index (χ2v) is 5.19. The molecule has 20 heavy (non-hydrogen) atoms.